The quantitative estimate of drug-likeness (QED) is 0.804. The number of hydrogen-bond acceptors (Lipinski definition) is 2. The Morgan fingerprint density at radius 1 is 1.20 bits per heavy atom. The second-order valence-corrected chi connectivity index (χ2v) is 4.83. The molecule has 2 nitrogen and oxygen atoms in total. The molecular weight excluding hydrogens is 184 g/mol. The van der Waals surface area contributed by atoms with Crippen LogP contribution < -0.4 is 5.73 Å². The van der Waals surface area contributed by atoms with Crippen LogP contribution >= 0.6 is 0 Å². The van der Waals surface area contributed by atoms with Crippen LogP contribution in [0.2, 0.25) is 0 Å². The standard InChI is InChI=1S/C13H20N2/c1-10-2-4-11(5-3-10)13(14)12-6-8-15-9-7-12/h6-11,13H,2-5,14H2,1H3/t10?,11?,13-/m1/s1. The zero-order valence-corrected chi connectivity index (χ0v) is 9.39. The van der Waals surface area contributed by atoms with Crippen molar-refractivity contribution in [3.63, 3.8) is 0 Å². The average molecular weight is 204 g/mol. The van der Waals surface area contributed by atoms with Crippen molar-refractivity contribution in [3.05, 3.63) is 30.1 Å². The predicted molar refractivity (Wildman–Crippen MR) is 62.3 cm³/mol. The number of nitrogens with zero attached hydrogens (tertiary/aromatic N) is 1. The van der Waals surface area contributed by atoms with Gasteiger partial charge in [0.05, 0.1) is 0 Å². The van der Waals surface area contributed by atoms with E-state index >= 15 is 0 Å². The molecule has 0 aromatic carbocycles. The van der Waals surface area contributed by atoms with Gasteiger partial charge < -0.3 is 5.73 Å². The van der Waals surface area contributed by atoms with E-state index in [1.165, 1.54) is 31.2 Å². The summed E-state index contributed by atoms with van der Waals surface area (Å²) in [4.78, 5) is 4.03. The maximum atomic E-state index is 6.29. The van der Waals surface area contributed by atoms with E-state index in [4.69, 9.17) is 5.73 Å². The van der Waals surface area contributed by atoms with Crippen molar-refractivity contribution in [1.82, 2.24) is 4.98 Å². The van der Waals surface area contributed by atoms with E-state index in [0.717, 1.165) is 5.92 Å². The van der Waals surface area contributed by atoms with Gasteiger partial charge in [-0.15, -0.1) is 0 Å². The second kappa shape index (κ2) is 4.75. The van der Waals surface area contributed by atoms with Gasteiger partial charge in [0.25, 0.3) is 0 Å². The normalized spacial score (nSPS) is 28.7. The third-order valence-electron chi connectivity index (χ3n) is 3.66. The van der Waals surface area contributed by atoms with Gasteiger partial charge >= 0.3 is 0 Å². The topological polar surface area (TPSA) is 38.9 Å². The second-order valence-electron chi connectivity index (χ2n) is 4.83. The minimum Gasteiger partial charge on any atom is -0.324 e. The van der Waals surface area contributed by atoms with Crippen LogP contribution in [0, 0.1) is 11.8 Å². The Bertz CT molecular complexity index is 289. The zero-order chi connectivity index (χ0) is 10.7. The van der Waals surface area contributed by atoms with Crippen molar-refractivity contribution >= 4 is 0 Å². The molecule has 0 unspecified atom stereocenters. The Morgan fingerprint density at radius 3 is 2.40 bits per heavy atom. The minimum absolute atomic E-state index is 0.209. The molecule has 0 amide bonds. The molecule has 15 heavy (non-hydrogen) atoms. The van der Waals surface area contributed by atoms with Crippen LogP contribution in [0.5, 0.6) is 0 Å². The molecule has 0 aliphatic heterocycles. The van der Waals surface area contributed by atoms with Gasteiger partial charge in [0.15, 0.2) is 0 Å². The fraction of sp³-hybridized carbons (Fsp3) is 0.615. The molecule has 1 aromatic heterocycles. The van der Waals surface area contributed by atoms with E-state index in [9.17, 15) is 0 Å². The van der Waals surface area contributed by atoms with E-state index in [0.29, 0.717) is 5.92 Å². The number of hydrogen-bond donors (Lipinski definition) is 1. The fourth-order valence-corrected chi connectivity index (χ4v) is 2.50. The van der Waals surface area contributed by atoms with Crippen molar-refractivity contribution < 1.29 is 0 Å². The largest absolute Gasteiger partial charge is 0.324 e. The highest BCUT2D eigenvalue weighted by molar-refractivity contribution is 5.15. The molecule has 2 N–H and O–H groups in total. The van der Waals surface area contributed by atoms with Crippen LogP contribution in [0.4, 0.5) is 0 Å². The summed E-state index contributed by atoms with van der Waals surface area (Å²) in [6, 6.07) is 4.30. The third kappa shape index (κ3) is 2.57. The number of nitrogens with two attached hydrogens (primary N) is 1. The monoisotopic (exact) mass is 204 g/mol. The summed E-state index contributed by atoms with van der Waals surface area (Å²) in [6.45, 7) is 2.34. The van der Waals surface area contributed by atoms with Crippen LogP contribution in [-0.4, -0.2) is 4.98 Å². The molecule has 82 valence electrons. The highest BCUT2D eigenvalue weighted by Crippen LogP contribution is 2.35. The average Bonchev–Trinajstić information content (AvgIpc) is 2.30. The lowest BCUT2D eigenvalue weighted by atomic mass is 9.78. The molecule has 1 atom stereocenters. The molecule has 1 saturated carbocycles. The molecule has 1 heterocycles. The molecule has 2 rings (SSSR count). The highest BCUT2D eigenvalue weighted by atomic mass is 14.7. The number of pyridine rings is 1. The Balaban J connectivity index is 1.99. The molecule has 0 spiro atoms. The molecule has 1 aliphatic carbocycles. The summed E-state index contributed by atoms with van der Waals surface area (Å²) in [7, 11) is 0. The van der Waals surface area contributed by atoms with Crippen LogP contribution in [0.15, 0.2) is 24.5 Å². The first kappa shape index (κ1) is 10.6. The van der Waals surface area contributed by atoms with Crippen molar-refractivity contribution in [2.45, 2.75) is 38.6 Å². The van der Waals surface area contributed by atoms with Gasteiger partial charge in [-0.1, -0.05) is 19.8 Å². The molecule has 1 aliphatic rings. The Hall–Kier alpha value is -0.890. The molecule has 1 aromatic rings. The van der Waals surface area contributed by atoms with Crippen LogP contribution in [-0.2, 0) is 0 Å². The number of aromatic nitrogens is 1. The molecule has 0 bridgehead atoms. The highest BCUT2D eigenvalue weighted by Gasteiger charge is 2.24. The summed E-state index contributed by atoms with van der Waals surface area (Å²) in [5, 5.41) is 0. The molecule has 0 saturated heterocycles. The lowest BCUT2D eigenvalue weighted by molar-refractivity contribution is 0.256. The molecule has 2 heteroatoms. The Kier molecular flexibility index (Phi) is 3.37. The maximum absolute atomic E-state index is 6.29. The van der Waals surface area contributed by atoms with E-state index in [1.54, 1.807) is 0 Å². The Morgan fingerprint density at radius 2 is 1.80 bits per heavy atom. The van der Waals surface area contributed by atoms with E-state index in [2.05, 4.69) is 11.9 Å². The van der Waals surface area contributed by atoms with E-state index in [1.807, 2.05) is 24.5 Å². The third-order valence-corrected chi connectivity index (χ3v) is 3.66. The maximum Gasteiger partial charge on any atom is 0.0324 e. The van der Waals surface area contributed by atoms with Gasteiger partial charge in [0.2, 0.25) is 0 Å². The molecule has 0 radical (unpaired) electrons. The summed E-state index contributed by atoms with van der Waals surface area (Å²) in [5.41, 5.74) is 7.53. The number of rotatable bonds is 2. The fourth-order valence-electron chi connectivity index (χ4n) is 2.50. The summed E-state index contributed by atoms with van der Waals surface area (Å²) >= 11 is 0. The van der Waals surface area contributed by atoms with Gasteiger partial charge in [0, 0.05) is 18.4 Å². The molecular formula is C13H20N2. The molecule has 1 fully saturated rings. The van der Waals surface area contributed by atoms with Crippen LogP contribution in [0.25, 0.3) is 0 Å². The van der Waals surface area contributed by atoms with Crippen molar-refractivity contribution in [2.75, 3.05) is 0 Å². The SMILES string of the molecule is CC1CCC([C@@H](N)c2ccncc2)CC1. The van der Waals surface area contributed by atoms with Crippen molar-refractivity contribution in [1.29, 1.82) is 0 Å². The summed E-state index contributed by atoms with van der Waals surface area (Å²) in [5.74, 6) is 1.56. The van der Waals surface area contributed by atoms with E-state index in [-0.39, 0.29) is 6.04 Å². The minimum atomic E-state index is 0.209. The van der Waals surface area contributed by atoms with Gasteiger partial charge in [-0.05, 0) is 42.4 Å². The lowest BCUT2D eigenvalue weighted by Gasteiger charge is -2.30. The smallest absolute Gasteiger partial charge is 0.0324 e. The Labute approximate surface area is 91.9 Å². The van der Waals surface area contributed by atoms with Crippen LogP contribution in [0.3, 0.4) is 0 Å². The van der Waals surface area contributed by atoms with E-state index < -0.39 is 0 Å². The van der Waals surface area contributed by atoms with Gasteiger partial charge in [-0.25, -0.2) is 0 Å². The zero-order valence-electron chi connectivity index (χ0n) is 9.39. The van der Waals surface area contributed by atoms with Gasteiger partial charge in [-0.3, -0.25) is 4.98 Å². The van der Waals surface area contributed by atoms with Gasteiger partial charge in [0.1, 0.15) is 0 Å². The first-order valence-electron chi connectivity index (χ1n) is 5.93. The first-order valence-corrected chi connectivity index (χ1v) is 5.93. The lowest BCUT2D eigenvalue weighted by Crippen LogP contribution is -2.25. The summed E-state index contributed by atoms with van der Waals surface area (Å²) in [6.07, 6.45) is 8.91. The van der Waals surface area contributed by atoms with Crippen LogP contribution in [0.1, 0.15) is 44.2 Å². The van der Waals surface area contributed by atoms with Gasteiger partial charge in [-0.2, -0.15) is 0 Å². The predicted octanol–water partition coefficient (Wildman–Crippen LogP) is 2.91. The van der Waals surface area contributed by atoms with Crippen molar-refractivity contribution in [2.24, 2.45) is 17.6 Å². The van der Waals surface area contributed by atoms with Crippen molar-refractivity contribution in [3.8, 4) is 0 Å². The summed E-state index contributed by atoms with van der Waals surface area (Å²) < 4.78 is 0. The first-order chi connectivity index (χ1) is 7.27.